The van der Waals surface area contributed by atoms with Crippen LogP contribution in [0.2, 0.25) is 0 Å². The molecule has 0 amide bonds. The Balaban J connectivity index is 1.49. The number of rotatable bonds is 3. The van der Waals surface area contributed by atoms with Crippen LogP contribution in [0.4, 0.5) is 5.69 Å². The Labute approximate surface area is 204 Å². The minimum atomic E-state index is 0.272. The highest BCUT2D eigenvalue weighted by atomic mass is 32.2. The standard InChI is InChI=1S/C31H21NOS/c1-2-3-9-21-32-28-19-18-25-14-7-8-15-26(25)31(28)34-30(32)16-10-11-23-17-20-29(33)27(22-23)24-12-5-4-6-13-24/h4-8,10-20,22,33H,1H3/b11-10+,30-16-. The summed E-state index contributed by atoms with van der Waals surface area (Å²) in [6, 6.07) is 31.4. The van der Waals surface area contributed by atoms with Crippen LogP contribution in [-0.4, -0.2) is 5.11 Å². The Morgan fingerprint density at radius 3 is 2.56 bits per heavy atom. The fraction of sp³-hybridized carbons (Fsp3) is 0.0323. The maximum absolute atomic E-state index is 10.3. The smallest absolute Gasteiger partial charge is 0.123 e. The van der Waals surface area contributed by atoms with Crippen LogP contribution in [0.3, 0.4) is 0 Å². The second-order valence-corrected chi connectivity index (χ2v) is 8.72. The first kappa shape index (κ1) is 21.5. The van der Waals surface area contributed by atoms with Gasteiger partial charge in [0.1, 0.15) is 5.75 Å². The van der Waals surface area contributed by atoms with E-state index in [1.54, 1.807) is 24.8 Å². The van der Waals surface area contributed by atoms with Gasteiger partial charge in [0.05, 0.1) is 10.7 Å². The van der Waals surface area contributed by atoms with Crippen molar-refractivity contribution in [3.63, 3.8) is 0 Å². The Kier molecular flexibility index (Phi) is 6.13. The Bertz CT molecular complexity index is 1560. The van der Waals surface area contributed by atoms with Crippen LogP contribution in [-0.2, 0) is 0 Å². The predicted molar refractivity (Wildman–Crippen MR) is 144 cm³/mol. The quantitative estimate of drug-likeness (QED) is 0.321. The number of aromatic hydroxyl groups is 1. The normalized spacial score (nSPS) is 13.4. The molecule has 34 heavy (non-hydrogen) atoms. The summed E-state index contributed by atoms with van der Waals surface area (Å²) in [4.78, 5) is 3.21. The third-order valence-corrected chi connectivity index (χ3v) is 6.68. The zero-order valence-electron chi connectivity index (χ0n) is 18.6. The summed E-state index contributed by atoms with van der Waals surface area (Å²) in [5.41, 5.74) is 3.88. The van der Waals surface area contributed by atoms with E-state index in [0.29, 0.717) is 0 Å². The number of allylic oxidation sites excluding steroid dienone is 2. The molecule has 1 N–H and O–H groups in total. The fourth-order valence-electron chi connectivity index (χ4n) is 3.90. The fourth-order valence-corrected chi connectivity index (χ4v) is 5.05. The van der Waals surface area contributed by atoms with Gasteiger partial charge in [0.2, 0.25) is 0 Å². The van der Waals surface area contributed by atoms with E-state index >= 15 is 0 Å². The van der Waals surface area contributed by atoms with Crippen molar-refractivity contribution in [2.75, 3.05) is 4.90 Å². The van der Waals surface area contributed by atoms with Crippen molar-refractivity contribution in [3.05, 3.63) is 108 Å². The van der Waals surface area contributed by atoms with Crippen molar-refractivity contribution in [3.8, 4) is 40.7 Å². The van der Waals surface area contributed by atoms with Crippen molar-refractivity contribution in [2.45, 2.75) is 11.8 Å². The molecule has 0 aliphatic carbocycles. The SMILES string of the molecule is CC#CC#CN1/C(=C/C=C/c2ccc(O)c(-c3ccccc3)c2)Sc2c1ccc1ccccc21. The molecule has 0 saturated carbocycles. The maximum atomic E-state index is 10.3. The number of nitrogens with zero attached hydrogens (tertiary/aromatic N) is 1. The average molecular weight is 456 g/mol. The zero-order valence-corrected chi connectivity index (χ0v) is 19.4. The first-order valence-corrected chi connectivity index (χ1v) is 11.7. The first-order valence-electron chi connectivity index (χ1n) is 10.9. The molecule has 0 aromatic heterocycles. The molecule has 2 nitrogen and oxygen atoms in total. The number of fused-ring (bicyclic) bond motifs is 3. The molecule has 0 bridgehead atoms. The van der Waals surface area contributed by atoms with Gasteiger partial charge in [-0.1, -0.05) is 96.6 Å². The number of phenols is 1. The van der Waals surface area contributed by atoms with Gasteiger partial charge in [-0.25, -0.2) is 0 Å². The number of anilines is 1. The van der Waals surface area contributed by atoms with E-state index in [1.165, 1.54) is 15.7 Å². The lowest BCUT2D eigenvalue weighted by molar-refractivity contribution is 0.477. The van der Waals surface area contributed by atoms with Crippen LogP contribution in [0.1, 0.15) is 12.5 Å². The molecule has 0 saturated heterocycles. The summed E-state index contributed by atoms with van der Waals surface area (Å²) < 4.78 is 0. The first-order chi connectivity index (χ1) is 16.7. The molecule has 0 spiro atoms. The number of phenolic OH excluding ortho intramolecular Hbond substituents is 1. The predicted octanol–water partition coefficient (Wildman–Crippen LogP) is 7.66. The maximum Gasteiger partial charge on any atom is 0.123 e. The topological polar surface area (TPSA) is 23.5 Å². The van der Waals surface area contributed by atoms with Gasteiger partial charge in [-0.3, -0.25) is 4.90 Å². The van der Waals surface area contributed by atoms with Gasteiger partial charge in [0.15, 0.2) is 0 Å². The number of hydrogen-bond acceptors (Lipinski definition) is 3. The van der Waals surface area contributed by atoms with Crippen molar-refractivity contribution in [1.82, 2.24) is 0 Å². The second-order valence-electron chi connectivity index (χ2n) is 7.69. The van der Waals surface area contributed by atoms with Gasteiger partial charge in [-0.15, -0.1) is 0 Å². The molecular formula is C31H21NOS. The van der Waals surface area contributed by atoms with Gasteiger partial charge < -0.3 is 5.11 Å². The molecule has 162 valence electrons. The van der Waals surface area contributed by atoms with Gasteiger partial charge in [0.25, 0.3) is 0 Å². The molecule has 4 aromatic carbocycles. The van der Waals surface area contributed by atoms with Crippen LogP contribution in [0, 0.1) is 23.8 Å². The van der Waals surface area contributed by atoms with Gasteiger partial charge in [-0.2, -0.15) is 0 Å². The summed E-state index contributed by atoms with van der Waals surface area (Å²) in [6.07, 6.45) is 6.14. The average Bonchev–Trinajstić information content (AvgIpc) is 3.23. The summed E-state index contributed by atoms with van der Waals surface area (Å²) >= 11 is 1.71. The highest BCUT2D eigenvalue weighted by molar-refractivity contribution is 8.04. The molecule has 3 heteroatoms. The van der Waals surface area contributed by atoms with E-state index in [-0.39, 0.29) is 5.75 Å². The van der Waals surface area contributed by atoms with Crippen molar-refractivity contribution >= 4 is 34.3 Å². The molecule has 1 aliphatic rings. The number of benzene rings is 4. The van der Waals surface area contributed by atoms with E-state index in [9.17, 15) is 5.11 Å². The highest BCUT2D eigenvalue weighted by Crippen LogP contribution is 2.49. The van der Waals surface area contributed by atoms with E-state index in [1.807, 2.05) is 59.5 Å². The molecule has 0 fully saturated rings. The van der Waals surface area contributed by atoms with Gasteiger partial charge in [0, 0.05) is 22.4 Å². The highest BCUT2D eigenvalue weighted by Gasteiger charge is 2.25. The molecule has 4 aromatic rings. The number of hydrogen-bond donors (Lipinski definition) is 1. The van der Waals surface area contributed by atoms with Crippen molar-refractivity contribution in [1.29, 1.82) is 0 Å². The third-order valence-electron chi connectivity index (χ3n) is 5.51. The third kappa shape index (κ3) is 4.30. The van der Waals surface area contributed by atoms with Gasteiger partial charge in [-0.05, 0) is 59.0 Å². The molecule has 0 radical (unpaired) electrons. The van der Waals surface area contributed by atoms with E-state index in [4.69, 9.17) is 0 Å². The molecule has 1 heterocycles. The van der Waals surface area contributed by atoms with Crippen LogP contribution >= 0.6 is 11.8 Å². The Hall–Kier alpha value is -4.31. The summed E-state index contributed by atoms with van der Waals surface area (Å²) in [6.45, 7) is 1.79. The second kappa shape index (κ2) is 9.67. The minimum absolute atomic E-state index is 0.272. The molecular weight excluding hydrogens is 434 g/mol. The Morgan fingerprint density at radius 1 is 0.882 bits per heavy atom. The van der Waals surface area contributed by atoms with E-state index < -0.39 is 0 Å². The summed E-state index contributed by atoms with van der Waals surface area (Å²) in [5.74, 6) is 8.90. The molecule has 0 unspecified atom stereocenters. The molecule has 5 rings (SSSR count). The lowest BCUT2D eigenvalue weighted by atomic mass is 10.0. The van der Waals surface area contributed by atoms with Crippen molar-refractivity contribution < 1.29 is 5.11 Å². The van der Waals surface area contributed by atoms with Crippen LogP contribution in [0.15, 0.2) is 107 Å². The number of thioether (sulfide) groups is 1. The lowest BCUT2D eigenvalue weighted by Crippen LogP contribution is -2.09. The van der Waals surface area contributed by atoms with E-state index in [0.717, 1.165) is 27.4 Å². The van der Waals surface area contributed by atoms with Crippen molar-refractivity contribution in [2.24, 2.45) is 0 Å². The van der Waals surface area contributed by atoms with Crippen LogP contribution < -0.4 is 4.90 Å². The van der Waals surface area contributed by atoms with Gasteiger partial charge >= 0.3 is 0 Å². The van der Waals surface area contributed by atoms with Crippen LogP contribution in [0.25, 0.3) is 28.0 Å². The largest absolute Gasteiger partial charge is 0.507 e. The summed E-state index contributed by atoms with van der Waals surface area (Å²) in [5, 5.41) is 13.8. The monoisotopic (exact) mass is 455 g/mol. The summed E-state index contributed by atoms with van der Waals surface area (Å²) in [7, 11) is 0. The minimum Gasteiger partial charge on any atom is -0.507 e. The van der Waals surface area contributed by atoms with Crippen LogP contribution in [0.5, 0.6) is 5.75 Å². The molecule has 0 atom stereocenters. The zero-order chi connectivity index (χ0) is 23.3. The van der Waals surface area contributed by atoms with E-state index in [2.05, 4.69) is 66.3 Å². The molecule has 1 aliphatic heterocycles. The Morgan fingerprint density at radius 2 is 1.71 bits per heavy atom. The lowest BCUT2D eigenvalue weighted by Gasteiger charge is -2.11.